The molecule has 1 aromatic rings. The van der Waals surface area contributed by atoms with E-state index in [4.69, 9.17) is 0 Å². The fraction of sp³-hybridized carbons (Fsp3) is 0.706. The van der Waals surface area contributed by atoms with E-state index >= 15 is 0 Å². The zero-order chi connectivity index (χ0) is 16.7. The number of likely N-dealkylation sites (N-methyl/N-ethyl adjacent to an activating group) is 1. The predicted molar refractivity (Wildman–Crippen MR) is 89.4 cm³/mol. The maximum atomic E-state index is 12.8. The van der Waals surface area contributed by atoms with E-state index in [1.165, 1.54) is 19.3 Å². The van der Waals surface area contributed by atoms with Crippen molar-refractivity contribution in [2.75, 3.05) is 25.5 Å². The molecule has 4 rings (SSSR count). The number of nitrogens with zero attached hydrogens (tertiary/aromatic N) is 4. The number of urea groups is 1. The Bertz CT molecular complexity index is 639. The Morgan fingerprint density at radius 1 is 1.33 bits per heavy atom. The fourth-order valence-electron chi connectivity index (χ4n) is 4.16. The van der Waals surface area contributed by atoms with Crippen LogP contribution in [0.25, 0.3) is 0 Å². The summed E-state index contributed by atoms with van der Waals surface area (Å²) in [5.74, 6) is 1.58. The molecule has 2 atom stereocenters. The van der Waals surface area contributed by atoms with E-state index in [1.807, 2.05) is 22.7 Å². The molecule has 0 spiro atoms. The van der Waals surface area contributed by atoms with Crippen LogP contribution in [-0.2, 0) is 11.3 Å². The molecule has 0 aromatic carbocycles. The van der Waals surface area contributed by atoms with Crippen molar-refractivity contribution in [2.24, 2.45) is 11.8 Å². The molecular weight excluding hydrogens is 306 g/mol. The van der Waals surface area contributed by atoms with Crippen LogP contribution >= 0.6 is 0 Å². The molecule has 1 N–H and O–H groups in total. The van der Waals surface area contributed by atoms with Crippen LogP contribution in [0.2, 0.25) is 0 Å². The Kier molecular flexibility index (Phi) is 3.94. The summed E-state index contributed by atoms with van der Waals surface area (Å²) in [5, 5.41) is 7.36. The van der Waals surface area contributed by atoms with Crippen molar-refractivity contribution in [3.63, 3.8) is 0 Å². The highest BCUT2D eigenvalue weighted by Crippen LogP contribution is 2.32. The molecule has 7 heteroatoms. The number of amides is 3. The van der Waals surface area contributed by atoms with Crippen LogP contribution in [0.1, 0.15) is 32.1 Å². The number of aromatic nitrogens is 2. The van der Waals surface area contributed by atoms with Gasteiger partial charge in [-0.25, -0.2) is 9.48 Å². The lowest BCUT2D eigenvalue weighted by atomic mass is 9.85. The second-order valence-corrected chi connectivity index (χ2v) is 7.35. The number of carbonyl (C=O) groups excluding carboxylic acids is 2. The van der Waals surface area contributed by atoms with Crippen molar-refractivity contribution in [1.29, 1.82) is 0 Å². The molecule has 3 fully saturated rings. The van der Waals surface area contributed by atoms with Crippen molar-refractivity contribution in [3.05, 3.63) is 12.3 Å². The number of likely N-dealkylation sites (tertiary alicyclic amines) is 2. The van der Waals surface area contributed by atoms with Gasteiger partial charge in [-0.05, 0) is 31.6 Å². The molecule has 24 heavy (non-hydrogen) atoms. The molecular formula is C17H25N5O2. The van der Waals surface area contributed by atoms with Gasteiger partial charge in [0.05, 0.1) is 18.2 Å². The van der Waals surface area contributed by atoms with E-state index in [0.29, 0.717) is 19.0 Å². The predicted octanol–water partition coefficient (Wildman–Crippen LogP) is 1.77. The van der Waals surface area contributed by atoms with Gasteiger partial charge in [0.25, 0.3) is 0 Å². The first-order valence-corrected chi connectivity index (χ1v) is 8.98. The van der Waals surface area contributed by atoms with Crippen molar-refractivity contribution < 1.29 is 9.59 Å². The van der Waals surface area contributed by atoms with Gasteiger partial charge < -0.3 is 9.80 Å². The number of hydrogen-bond acceptors (Lipinski definition) is 3. The minimum atomic E-state index is -0.108. The van der Waals surface area contributed by atoms with Crippen molar-refractivity contribution >= 4 is 17.8 Å². The second kappa shape index (κ2) is 6.11. The first-order chi connectivity index (χ1) is 11.6. The van der Waals surface area contributed by atoms with Gasteiger partial charge in [0, 0.05) is 32.7 Å². The lowest BCUT2D eigenvalue weighted by Crippen LogP contribution is -2.50. The summed E-state index contributed by atoms with van der Waals surface area (Å²) in [7, 11) is 1.82. The lowest BCUT2D eigenvalue weighted by Gasteiger charge is -2.35. The van der Waals surface area contributed by atoms with Gasteiger partial charge in [0.2, 0.25) is 5.91 Å². The van der Waals surface area contributed by atoms with Gasteiger partial charge >= 0.3 is 6.03 Å². The summed E-state index contributed by atoms with van der Waals surface area (Å²) in [6.07, 6.45) is 7.30. The van der Waals surface area contributed by atoms with Gasteiger partial charge in [-0.3, -0.25) is 10.1 Å². The first kappa shape index (κ1) is 15.5. The molecule has 130 valence electrons. The third-order valence-electron chi connectivity index (χ3n) is 5.80. The van der Waals surface area contributed by atoms with Crippen molar-refractivity contribution in [3.8, 4) is 0 Å². The summed E-state index contributed by atoms with van der Waals surface area (Å²) in [4.78, 5) is 28.6. The number of fused-ring (bicyclic) bond motifs is 1. The topological polar surface area (TPSA) is 70.5 Å². The van der Waals surface area contributed by atoms with E-state index in [-0.39, 0.29) is 23.9 Å². The number of piperidine rings is 1. The minimum Gasteiger partial charge on any atom is -0.343 e. The van der Waals surface area contributed by atoms with Crippen molar-refractivity contribution in [2.45, 2.75) is 44.7 Å². The van der Waals surface area contributed by atoms with E-state index in [9.17, 15) is 9.59 Å². The highest BCUT2D eigenvalue weighted by Gasteiger charge is 2.45. The third-order valence-corrected chi connectivity index (χ3v) is 5.80. The summed E-state index contributed by atoms with van der Waals surface area (Å²) in [5.41, 5.74) is 0. The molecule has 3 aliphatic rings. The van der Waals surface area contributed by atoms with Gasteiger partial charge in [0.1, 0.15) is 5.82 Å². The summed E-state index contributed by atoms with van der Waals surface area (Å²) >= 11 is 0. The van der Waals surface area contributed by atoms with E-state index in [0.717, 1.165) is 25.2 Å². The van der Waals surface area contributed by atoms with Crippen LogP contribution < -0.4 is 5.32 Å². The first-order valence-electron chi connectivity index (χ1n) is 8.98. The molecule has 3 amide bonds. The Morgan fingerprint density at radius 3 is 2.92 bits per heavy atom. The van der Waals surface area contributed by atoms with Gasteiger partial charge in [-0.15, -0.1) is 0 Å². The van der Waals surface area contributed by atoms with Crippen LogP contribution in [0, 0.1) is 11.8 Å². The molecule has 3 heterocycles. The normalized spacial score (nSPS) is 27.1. The van der Waals surface area contributed by atoms with Crippen molar-refractivity contribution in [1.82, 2.24) is 19.6 Å². The second-order valence-electron chi connectivity index (χ2n) is 7.35. The molecule has 0 unspecified atom stereocenters. The molecule has 0 bridgehead atoms. The summed E-state index contributed by atoms with van der Waals surface area (Å²) < 4.78 is 1.90. The summed E-state index contributed by atoms with van der Waals surface area (Å²) in [6.45, 7) is 2.22. The molecule has 2 saturated heterocycles. The highest BCUT2D eigenvalue weighted by atomic mass is 16.2. The van der Waals surface area contributed by atoms with E-state index in [2.05, 4.69) is 10.4 Å². The quantitative estimate of drug-likeness (QED) is 0.917. The fourth-order valence-corrected chi connectivity index (χ4v) is 4.16. The van der Waals surface area contributed by atoms with E-state index < -0.39 is 0 Å². The highest BCUT2D eigenvalue weighted by molar-refractivity contribution is 5.90. The van der Waals surface area contributed by atoms with Gasteiger partial charge in [-0.1, -0.05) is 6.42 Å². The number of carbonyl (C=O) groups is 2. The smallest absolute Gasteiger partial charge is 0.323 e. The zero-order valence-corrected chi connectivity index (χ0v) is 14.1. The lowest BCUT2D eigenvalue weighted by molar-refractivity contribution is -0.130. The Hall–Kier alpha value is -2.05. The minimum absolute atomic E-state index is 0.000691. The zero-order valence-electron chi connectivity index (χ0n) is 14.1. The number of nitrogens with one attached hydrogen (secondary N) is 1. The number of hydrogen-bond donors (Lipinski definition) is 1. The largest absolute Gasteiger partial charge is 0.343 e. The average molecular weight is 331 g/mol. The maximum Gasteiger partial charge on any atom is 0.323 e. The Morgan fingerprint density at radius 2 is 2.17 bits per heavy atom. The number of rotatable bonds is 3. The van der Waals surface area contributed by atoms with Crippen LogP contribution in [0.5, 0.6) is 0 Å². The number of anilines is 1. The van der Waals surface area contributed by atoms with Crippen LogP contribution in [-0.4, -0.2) is 57.7 Å². The molecule has 7 nitrogen and oxygen atoms in total. The Balaban J connectivity index is 1.44. The molecule has 1 aliphatic carbocycles. The average Bonchev–Trinajstić information content (AvgIpc) is 3.08. The van der Waals surface area contributed by atoms with Crippen LogP contribution in [0.4, 0.5) is 10.6 Å². The van der Waals surface area contributed by atoms with Gasteiger partial charge in [-0.2, -0.15) is 5.10 Å². The molecule has 1 saturated carbocycles. The monoisotopic (exact) mass is 331 g/mol. The van der Waals surface area contributed by atoms with Gasteiger partial charge in [0.15, 0.2) is 0 Å². The summed E-state index contributed by atoms with van der Waals surface area (Å²) in [6, 6.07) is 1.74. The van der Waals surface area contributed by atoms with E-state index in [1.54, 1.807) is 11.1 Å². The standard InChI is InChI=1S/C17H25N5O2/c1-20-11-14-13(16(20)23)6-3-9-21(14)17(24)19-15-7-8-18-22(15)10-12-4-2-5-12/h7-8,12-14H,2-6,9-11H2,1H3,(H,19,24)/t13-,14-/m1/s1. The third kappa shape index (κ3) is 2.65. The molecule has 2 aliphatic heterocycles. The van der Waals surface area contributed by atoms with Crippen LogP contribution in [0.3, 0.4) is 0 Å². The molecule has 1 aromatic heterocycles. The van der Waals surface area contributed by atoms with Crippen LogP contribution in [0.15, 0.2) is 12.3 Å². The molecule has 0 radical (unpaired) electrons. The maximum absolute atomic E-state index is 12.8. The Labute approximate surface area is 142 Å². The SMILES string of the molecule is CN1C[C@@H]2[C@@H](CCCN2C(=O)Nc2ccnn2CC2CCC2)C1=O.